The molecule has 0 spiro atoms. The number of hydrogen-bond donors (Lipinski definition) is 0. The average Bonchev–Trinajstić information content (AvgIpc) is 2.92. The summed E-state index contributed by atoms with van der Waals surface area (Å²) in [6.07, 6.45) is 2.81. The van der Waals surface area contributed by atoms with Gasteiger partial charge in [-0.15, -0.1) is 0 Å². The molecule has 1 aromatic heterocycles. The molecule has 0 aliphatic carbocycles. The van der Waals surface area contributed by atoms with Crippen LogP contribution in [0.4, 0.5) is 0 Å². The highest BCUT2D eigenvalue weighted by molar-refractivity contribution is 5.99. The van der Waals surface area contributed by atoms with Gasteiger partial charge in [0.15, 0.2) is 0 Å². The van der Waals surface area contributed by atoms with Gasteiger partial charge in [-0.1, -0.05) is 24.3 Å². The van der Waals surface area contributed by atoms with Gasteiger partial charge in [-0.3, -0.25) is 14.6 Å². The van der Waals surface area contributed by atoms with Gasteiger partial charge in [0.2, 0.25) is 0 Å². The van der Waals surface area contributed by atoms with Gasteiger partial charge < -0.3 is 19.3 Å². The Kier molecular flexibility index (Phi) is 8.96. The summed E-state index contributed by atoms with van der Waals surface area (Å²) in [5.41, 5.74) is 1.39. The number of para-hydroxylation sites is 2. The first kappa shape index (κ1) is 25.7. The van der Waals surface area contributed by atoms with Crippen LogP contribution in [0.5, 0.6) is 11.5 Å². The Morgan fingerprint density at radius 2 is 1.19 bits per heavy atom. The van der Waals surface area contributed by atoms with E-state index in [-0.39, 0.29) is 49.2 Å². The van der Waals surface area contributed by atoms with Gasteiger partial charge in [-0.05, 0) is 30.3 Å². The van der Waals surface area contributed by atoms with Crippen molar-refractivity contribution in [1.29, 1.82) is 10.5 Å². The molecule has 0 atom stereocenters. The number of amides is 2. The van der Waals surface area contributed by atoms with Gasteiger partial charge in [-0.2, -0.15) is 10.5 Å². The lowest BCUT2D eigenvalue weighted by Gasteiger charge is -2.19. The molecule has 2 amide bonds. The lowest BCUT2D eigenvalue weighted by Crippen LogP contribution is -2.32. The minimum atomic E-state index is -0.312. The molecule has 0 saturated carbocycles. The van der Waals surface area contributed by atoms with Crippen molar-refractivity contribution in [1.82, 2.24) is 14.8 Å². The third-order valence-corrected chi connectivity index (χ3v) is 5.31. The molecule has 9 heteroatoms. The van der Waals surface area contributed by atoms with Gasteiger partial charge >= 0.3 is 0 Å². The van der Waals surface area contributed by atoms with Gasteiger partial charge in [0.25, 0.3) is 11.8 Å². The molecule has 9 nitrogen and oxygen atoms in total. The Bertz CT molecular complexity index is 1220. The number of hydrogen-bond acceptors (Lipinski definition) is 7. The van der Waals surface area contributed by atoms with Crippen molar-refractivity contribution in [2.45, 2.75) is 0 Å². The van der Waals surface area contributed by atoms with Gasteiger partial charge in [0, 0.05) is 26.5 Å². The summed E-state index contributed by atoms with van der Waals surface area (Å²) < 4.78 is 11.3. The highest BCUT2D eigenvalue weighted by atomic mass is 16.5. The molecular formula is C27H25N5O4. The molecule has 3 rings (SSSR count). The molecule has 0 unspecified atom stereocenters. The van der Waals surface area contributed by atoms with Crippen LogP contribution >= 0.6 is 0 Å². The largest absolute Gasteiger partial charge is 0.490 e. The summed E-state index contributed by atoms with van der Waals surface area (Å²) in [7, 11) is 3.25. The van der Waals surface area contributed by atoms with Gasteiger partial charge in [-0.25, -0.2) is 0 Å². The summed E-state index contributed by atoms with van der Waals surface area (Å²) >= 11 is 0. The standard InChI is InChI=1S/C27H25N5O4/c1-31(11-13-35-24-9-5-3-7-20(24)16-28)26(33)22-15-23(19-30-18-22)27(34)32(2)12-14-36-25-10-6-4-8-21(25)17-29/h3-10,15,18-19H,11-14H2,1-2H3. The van der Waals surface area contributed by atoms with E-state index in [1.54, 1.807) is 62.6 Å². The highest BCUT2D eigenvalue weighted by Gasteiger charge is 2.17. The minimum absolute atomic E-state index is 0.199. The normalized spacial score (nSPS) is 10.0. The summed E-state index contributed by atoms with van der Waals surface area (Å²) in [6, 6.07) is 19.4. The average molecular weight is 484 g/mol. The van der Waals surface area contributed by atoms with Crippen molar-refractivity contribution in [2.75, 3.05) is 40.4 Å². The number of nitrogens with zero attached hydrogens (tertiary/aromatic N) is 5. The molecule has 1 heterocycles. The second kappa shape index (κ2) is 12.5. The highest BCUT2D eigenvalue weighted by Crippen LogP contribution is 2.17. The molecule has 0 fully saturated rings. The Balaban J connectivity index is 1.54. The summed E-state index contributed by atoms with van der Waals surface area (Å²) in [6.45, 7) is 0.950. The first-order valence-corrected chi connectivity index (χ1v) is 11.1. The van der Waals surface area contributed by atoms with E-state index >= 15 is 0 Å². The number of carbonyl (C=O) groups excluding carboxylic acids is 2. The number of likely N-dealkylation sites (N-methyl/N-ethyl adjacent to an activating group) is 2. The van der Waals surface area contributed by atoms with Crippen molar-refractivity contribution >= 4 is 11.8 Å². The van der Waals surface area contributed by atoms with E-state index in [9.17, 15) is 9.59 Å². The van der Waals surface area contributed by atoms with E-state index in [0.29, 0.717) is 22.6 Å². The predicted molar refractivity (Wildman–Crippen MR) is 131 cm³/mol. The lowest BCUT2D eigenvalue weighted by atomic mass is 10.1. The van der Waals surface area contributed by atoms with Crippen molar-refractivity contribution in [3.8, 4) is 23.6 Å². The molecule has 0 aliphatic rings. The molecule has 182 valence electrons. The summed E-state index contributed by atoms with van der Waals surface area (Å²) in [5.74, 6) is 0.290. The van der Waals surface area contributed by atoms with Crippen LogP contribution in [0.25, 0.3) is 0 Å². The fraction of sp³-hybridized carbons (Fsp3) is 0.222. The second-order valence-electron chi connectivity index (χ2n) is 7.83. The molecular weight excluding hydrogens is 458 g/mol. The zero-order valence-electron chi connectivity index (χ0n) is 20.0. The molecule has 36 heavy (non-hydrogen) atoms. The molecule has 2 aromatic carbocycles. The fourth-order valence-electron chi connectivity index (χ4n) is 3.27. The van der Waals surface area contributed by atoms with Crippen molar-refractivity contribution in [3.63, 3.8) is 0 Å². The monoisotopic (exact) mass is 483 g/mol. The maximum absolute atomic E-state index is 12.9. The van der Waals surface area contributed by atoms with Crippen molar-refractivity contribution < 1.29 is 19.1 Å². The Morgan fingerprint density at radius 1 is 0.778 bits per heavy atom. The van der Waals surface area contributed by atoms with E-state index in [2.05, 4.69) is 17.1 Å². The smallest absolute Gasteiger partial charge is 0.255 e. The zero-order valence-corrected chi connectivity index (χ0v) is 20.0. The Hall–Kier alpha value is -4.89. The predicted octanol–water partition coefficient (Wildman–Crippen LogP) is 3.13. The first-order chi connectivity index (χ1) is 17.4. The van der Waals surface area contributed by atoms with E-state index in [1.807, 2.05) is 0 Å². The van der Waals surface area contributed by atoms with Crippen molar-refractivity contribution in [3.05, 3.63) is 89.2 Å². The Morgan fingerprint density at radius 3 is 1.61 bits per heavy atom. The number of aromatic nitrogens is 1. The van der Waals surface area contributed by atoms with E-state index in [0.717, 1.165) is 0 Å². The maximum atomic E-state index is 12.9. The van der Waals surface area contributed by atoms with Crippen LogP contribution in [0.3, 0.4) is 0 Å². The number of ether oxygens (including phenoxy) is 2. The molecule has 0 aliphatic heterocycles. The molecule has 3 aromatic rings. The Labute approximate surface area is 209 Å². The summed E-state index contributed by atoms with van der Waals surface area (Å²) in [4.78, 5) is 32.7. The topological polar surface area (TPSA) is 120 Å². The van der Waals surface area contributed by atoms with Crippen LogP contribution in [-0.2, 0) is 0 Å². The van der Waals surface area contributed by atoms with Crippen LogP contribution in [0.1, 0.15) is 31.8 Å². The number of rotatable bonds is 10. The van der Waals surface area contributed by atoms with Crippen LogP contribution in [-0.4, -0.2) is 67.0 Å². The molecule has 0 N–H and O–H groups in total. The maximum Gasteiger partial charge on any atom is 0.255 e. The number of pyridine rings is 1. The molecule has 0 radical (unpaired) electrons. The second-order valence-corrected chi connectivity index (χ2v) is 7.83. The third kappa shape index (κ3) is 6.58. The fourth-order valence-corrected chi connectivity index (χ4v) is 3.27. The summed E-state index contributed by atoms with van der Waals surface area (Å²) in [5, 5.41) is 18.3. The van der Waals surface area contributed by atoms with Gasteiger partial charge in [0.05, 0.1) is 35.3 Å². The van der Waals surface area contributed by atoms with Crippen LogP contribution in [0.2, 0.25) is 0 Å². The zero-order chi connectivity index (χ0) is 25.9. The van der Waals surface area contributed by atoms with Crippen molar-refractivity contribution in [2.24, 2.45) is 0 Å². The first-order valence-electron chi connectivity index (χ1n) is 11.1. The minimum Gasteiger partial charge on any atom is -0.490 e. The van der Waals surface area contributed by atoms with E-state index in [1.165, 1.54) is 28.3 Å². The SMILES string of the molecule is CN(CCOc1ccccc1C#N)C(=O)c1cncc(C(=O)N(C)CCOc2ccccc2C#N)c1. The van der Waals surface area contributed by atoms with E-state index in [4.69, 9.17) is 20.0 Å². The molecule has 0 bridgehead atoms. The quantitative estimate of drug-likeness (QED) is 0.434. The number of carbonyl (C=O) groups is 2. The number of benzene rings is 2. The van der Waals surface area contributed by atoms with Gasteiger partial charge in [0.1, 0.15) is 36.9 Å². The van der Waals surface area contributed by atoms with Crippen LogP contribution in [0, 0.1) is 22.7 Å². The van der Waals surface area contributed by atoms with Crippen LogP contribution in [0.15, 0.2) is 67.0 Å². The van der Waals surface area contributed by atoms with Crippen LogP contribution < -0.4 is 9.47 Å². The van der Waals surface area contributed by atoms with E-state index < -0.39 is 0 Å². The molecule has 0 saturated heterocycles. The number of nitriles is 2. The lowest BCUT2D eigenvalue weighted by molar-refractivity contribution is 0.0770. The third-order valence-electron chi connectivity index (χ3n) is 5.31.